The van der Waals surface area contributed by atoms with Gasteiger partial charge in [-0.1, -0.05) is 20.1 Å². The Morgan fingerprint density at radius 3 is 2.22 bits per heavy atom. The van der Waals surface area contributed by atoms with Crippen molar-refractivity contribution in [3.05, 3.63) is 24.3 Å². The van der Waals surface area contributed by atoms with Crippen LogP contribution in [0.5, 0.6) is 0 Å². The molecule has 0 aromatic heterocycles. The summed E-state index contributed by atoms with van der Waals surface area (Å²) in [6.45, 7) is 8.61. The molecule has 0 amide bonds. The van der Waals surface area contributed by atoms with Gasteiger partial charge in [-0.3, -0.25) is 4.79 Å². The molecule has 2 N–H and O–H groups in total. The molecular formula is C30H30F3NO12. The van der Waals surface area contributed by atoms with Crippen LogP contribution in [-0.4, -0.2) is 82.0 Å². The van der Waals surface area contributed by atoms with Crippen molar-refractivity contribution >= 4 is 29.8 Å². The van der Waals surface area contributed by atoms with E-state index in [0.29, 0.717) is 12.8 Å². The Balaban J connectivity index is 1.67. The SMILES string of the molecule is C=C(C)C(=O)OCC1(OC(=O)C(=C)C)C2(C(=O)O)OC(=O)C3(C(F)(F)F)CC1(C)C(OC1OC4CC5CC4C1(C#N)C5)(C(=O)O)C32. The Labute approximate surface area is 259 Å². The van der Waals surface area contributed by atoms with E-state index in [2.05, 4.69) is 19.2 Å². The summed E-state index contributed by atoms with van der Waals surface area (Å²) in [6, 6.07) is 2.13. The van der Waals surface area contributed by atoms with Crippen molar-refractivity contribution in [2.45, 2.75) is 81.8 Å². The monoisotopic (exact) mass is 653 g/mol. The molecule has 46 heavy (non-hydrogen) atoms. The average Bonchev–Trinajstić information content (AvgIpc) is 3.69. The molecule has 6 aliphatic rings. The van der Waals surface area contributed by atoms with Crippen LogP contribution in [0.1, 0.15) is 46.5 Å². The van der Waals surface area contributed by atoms with Gasteiger partial charge in [0.1, 0.15) is 12.0 Å². The number of carboxylic acids is 2. The Morgan fingerprint density at radius 1 is 1.09 bits per heavy atom. The molecule has 2 saturated heterocycles. The number of fused-ring (bicyclic) bond motifs is 2. The molecular weight excluding hydrogens is 623 g/mol. The van der Waals surface area contributed by atoms with E-state index in [-0.39, 0.29) is 17.9 Å². The summed E-state index contributed by atoms with van der Waals surface area (Å²) in [4.78, 5) is 66.6. The van der Waals surface area contributed by atoms with Gasteiger partial charge in [-0.2, -0.15) is 18.4 Å². The average molecular weight is 654 g/mol. The third-order valence-electron chi connectivity index (χ3n) is 11.5. The number of nitrogens with zero attached hydrogens (tertiary/aromatic N) is 1. The van der Waals surface area contributed by atoms with E-state index < -0.39 is 112 Å². The maximum Gasteiger partial charge on any atom is 0.405 e. The number of carboxylic acid groups (broad SMARTS) is 2. The molecule has 6 fully saturated rings. The number of esters is 3. The topological polar surface area (TPSA) is 196 Å². The number of aliphatic carboxylic acids is 2. The summed E-state index contributed by atoms with van der Waals surface area (Å²) in [7, 11) is 0. The molecule has 4 saturated carbocycles. The summed E-state index contributed by atoms with van der Waals surface area (Å²) in [6.07, 6.45) is -8.36. The van der Waals surface area contributed by atoms with Gasteiger partial charge in [0, 0.05) is 17.1 Å². The van der Waals surface area contributed by atoms with Crippen molar-refractivity contribution in [3.63, 3.8) is 0 Å². The van der Waals surface area contributed by atoms with Crippen LogP contribution in [0.15, 0.2) is 24.3 Å². The van der Waals surface area contributed by atoms with Gasteiger partial charge in [0.15, 0.2) is 17.3 Å². The minimum Gasteiger partial charge on any atom is -0.479 e. The molecule has 4 aliphatic carbocycles. The highest BCUT2D eigenvalue weighted by Gasteiger charge is 3.05. The molecule has 2 heterocycles. The van der Waals surface area contributed by atoms with Crippen LogP contribution in [0, 0.1) is 45.3 Å². The van der Waals surface area contributed by atoms with Crippen LogP contribution in [0.2, 0.25) is 0 Å². The second-order valence-electron chi connectivity index (χ2n) is 13.7. The second kappa shape index (κ2) is 9.09. The quantitative estimate of drug-likeness (QED) is 0.209. The normalized spacial score (nSPS) is 45.7. The Kier molecular flexibility index (Phi) is 6.32. The van der Waals surface area contributed by atoms with Gasteiger partial charge in [-0.15, -0.1) is 0 Å². The highest BCUT2D eigenvalue weighted by molar-refractivity contribution is 6.01. The summed E-state index contributed by atoms with van der Waals surface area (Å²) in [5.74, 6) is -12.7. The standard InChI is InChI=1S/C30H30F3NO12/c1-12(2)17(35)42-11-27(44-18(36)13(3)4)24(5)9-26(30(31,32)33)19(29(27,21(39)40)45-22(26)41)28(24,20(37)38)46-23-25(10-34)8-14-6-15(25)16(7-14)43-23/h14-16,19,23H,1,3,6-9,11H2,2,4-5H3,(H,37,38)(H,39,40). The van der Waals surface area contributed by atoms with E-state index in [4.69, 9.17) is 23.7 Å². The molecule has 13 nitrogen and oxygen atoms in total. The minimum absolute atomic E-state index is 0.00921. The fraction of sp³-hybridized carbons (Fsp3) is 0.667. The zero-order chi connectivity index (χ0) is 34.2. The smallest absolute Gasteiger partial charge is 0.405 e. The van der Waals surface area contributed by atoms with Crippen molar-refractivity contribution in [3.8, 4) is 6.07 Å². The van der Waals surface area contributed by atoms with Crippen LogP contribution in [0.4, 0.5) is 13.2 Å². The third kappa shape index (κ3) is 3.15. The Morgan fingerprint density at radius 2 is 1.72 bits per heavy atom. The van der Waals surface area contributed by atoms with Gasteiger partial charge in [0.25, 0.3) is 5.60 Å². The second-order valence-corrected chi connectivity index (χ2v) is 13.7. The molecule has 0 radical (unpaired) electrons. The Bertz CT molecular complexity index is 1590. The zero-order valence-corrected chi connectivity index (χ0v) is 24.9. The van der Waals surface area contributed by atoms with Crippen molar-refractivity contribution in [1.82, 2.24) is 0 Å². The largest absolute Gasteiger partial charge is 0.479 e. The first kappa shape index (κ1) is 32.0. The molecule has 4 bridgehead atoms. The zero-order valence-electron chi connectivity index (χ0n) is 24.9. The summed E-state index contributed by atoms with van der Waals surface area (Å²) >= 11 is 0. The highest BCUT2D eigenvalue weighted by Crippen LogP contribution is 2.84. The number of ether oxygens (including phenoxy) is 5. The fourth-order valence-corrected chi connectivity index (χ4v) is 9.71. The molecule has 11 atom stereocenters. The van der Waals surface area contributed by atoms with Gasteiger partial charge in [-0.05, 0) is 45.4 Å². The van der Waals surface area contributed by atoms with Crippen LogP contribution in [0.25, 0.3) is 0 Å². The number of rotatable bonds is 9. The number of nitriles is 1. The van der Waals surface area contributed by atoms with Crippen LogP contribution in [0.3, 0.4) is 0 Å². The van der Waals surface area contributed by atoms with Crippen molar-refractivity contribution in [1.29, 1.82) is 5.26 Å². The highest BCUT2D eigenvalue weighted by atomic mass is 19.4. The fourth-order valence-electron chi connectivity index (χ4n) is 9.71. The van der Waals surface area contributed by atoms with Gasteiger partial charge < -0.3 is 33.9 Å². The number of hydrogen-bond acceptors (Lipinski definition) is 11. The summed E-state index contributed by atoms with van der Waals surface area (Å²) < 4.78 is 74.2. The predicted octanol–water partition coefficient (Wildman–Crippen LogP) is 2.44. The number of carbonyl (C=O) groups is 5. The number of hydrogen-bond donors (Lipinski definition) is 2. The maximum absolute atomic E-state index is 15.3. The molecule has 11 unspecified atom stereocenters. The number of halogens is 3. The molecule has 0 aromatic rings. The molecule has 16 heteroatoms. The van der Waals surface area contributed by atoms with E-state index in [1.165, 1.54) is 6.92 Å². The predicted molar refractivity (Wildman–Crippen MR) is 140 cm³/mol. The van der Waals surface area contributed by atoms with Crippen LogP contribution >= 0.6 is 0 Å². The van der Waals surface area contributed by atoms with E-state index in [9.17, 15) is 39.4 Å². The first-order valence-electron chi connectivity index (χ1n) is 14.4. The summed E-state index contributed by atoms with van der Waals surface area (Å²) in [5.41, 5.74) is -19.1. The van der Waals surface area contributed by atoms with E-state index >= 15 is 13.2 Å². The van der Waals surface area contributed by atoms with Crippen LogP contribution < -0.4 is 0 Å². The third-order valence-corrected chi connectivity index (χ3v) is 11.5. The lowest BCUT2D eigenvalue weighted by molar-refractivity contribution is -0.271. The molecule has 0 aromatic carbocycles. The van der Waals surface area contributed by atoms with Crippen molar-refractivity contribution < 1.29 is 71.0 Å². The first-order valence-corrected chi connectivity index (χ1v) is 14.4. The number of alkyl halides is 3. The first-order chi connectivity index (χ1) is 21.2. The maximum atomic E-state index is 15.3. The lowest BCUT2D eigenvalue weighted by Gasteiger charge is -2.50. The van der Waals surface area contributed by atoms with Gasteiger partial charge in [0.05, 0.1) is 23.5 Å². The van der Waals surface area contributed by atoms with Gasteiger partial charge in [-0.25, -0.2) is 19.2 Å². The van der Waals surface area contributed by atoms with Crippen LogP contribution in [-0.2, 0) is 47.7 Å². The molecule has 6 rings (SSSR count). The Hall–Kier alpha value is -3.97. The molecule has 2 aliphatic heterocycles. The molecule has 0 spiro atoms. The van der Waals surface area contributed by atoms with E-state index in [1.54, 1.807) is 0 Å². The van der Waals surface area contributed by atoms with E-state index in [1.807, 2.05) is 0 Å². The number of carbonyl (C=O) groups excluding carboxylic acids is 3. The van der Waals surface area contributed by atoms with Gasteiger partial charge >= 0.3 is 36.0 Å². The van der Waals surface area contributed by atoms with Crippen molar-refractivity contribution in [2.24, 2.45) is 34.0 Å². The molecule has 248 valence electrons. The van der Waals surface area contributed by atoms with Gasteiger partial charge in [0.2, 0.25) is 5.60 Å². The van der Waals surface area contributed by atoms with Crippen molar-refractivity contribution in [2.75, 3.05) is 6.61 Å². The minimum atomic E-state index is -5.63. The summed E-state index contributed by atoms with van der Waals surface area (Å²) in [5, 5.41) is 32.2. The van der Waals surface area contributed by atoms with E-state index in [0.717, 1.165) is 13.8 Å². The lowest BCUT2D eigenvalue weighted by Crippen LogP contribution is -2.71. The lowest BCUT2D eigenvalue weighted by atomic mass is 9.58.